The maximum absolute atomic E-state index is 11.8. The van der Waals surface area contributed by atoms with Crippen molar-refractivity contribution in [2.24, 2.45) is 0 Å². The third-order valence-electron chi connectivity index (χ3n) is 3.42. The van der Waals surface area contributed by atoms with E-state index in [1.54, 1.807) is 13.8 Å². The van der Waals surface area contributed by atoms with E-state index in [0.717, 1.165) is 0 Å². The molecule has 9 heteroatoms. The summed E-state index contributed by atoms with van der Waals surface area (Å²) < 4.78 is 24.9. The van der Waals surface area contributed by atoms with Gasteiger partial charge in [0.25, 0.3) is 0 Å². The maximum atomic E-state index is 11.8. The molecule has 1 rings (SSSR count). The highest BCUT2D eigenvalue weighted by atomic mass is 32.2. The topological polar surface area (TPSA) is 98.8 Å². The molecule has 0 aromatic rings. The lowest BCUT2D eigenvalue weighted by Crippen LogP contribution is -2.56. The predicted molar refractivity (Wildman–Crippen MR) is 74.7 cm³/mol. The summed E-state index contributed by atoms with van der Waals surface area (Å²) in [4.78, 5) is 24.7. The summed E-state index contributed by atoms with van der Waals surface area (Å²) in [7, 11) is -1.74. The maximum Gasteiger partial charge on any atom is 0.321 e. The number of imide groups is 1. The molecule has 3 amide bonds. The molecule has 116 valence electrons. The van der Waals surface area contributed by atoms with E-state index in [1.165, 1.54) is 11.4 Å². The fraction of sp³-hybridized carbons (Fsp3) is 0.818. The Morgan fingerprint density at radius 3 is 2.20 bits per heavy atom. The Balaban J connectivity index is 2.53. The Morgan fingerprint density at radius 2 is 1.75 bits per heavy atom. The zero-order chi connectivity index (χ0) is 15.3. The summed E-state index contributed by atoms with van der Waals surface area (Å²) in [6.45, 7) is 4.99. The van der Waals surface area contributed by atoms with Crippen molar-refractivity contribution in [2.45, 2.75) is 19.9 Å². The zero-order valence-corrected chi connectivity index (χ0v) is 12.9. The average molecular weight is 306 g/mol. The number of hydrogen-bond acceptors (Lipinski definition) is 5. The van der Waals surface area contributed by atoms with Crippen LogP contribution in [-0.4, -0.2) is 74.6 Å². The third kappa shape index (κ3) is 4.15. The lowest BCUT2D eigenvalue weighted by Gasteiger charge is -2.36. The van der Waals surface area contributed by atoms with Crippen LogP contribution in [0.3, 0.4) is 0 Å². The van der Waals surface area contributed by atoms with Gasteiger partial charge in [0.15, 0.2) is 0 Å². The van der Waals surface area contributed by atoms with Crippen LogP contribution in [0.1, 0.15) is 13.8 Å². The highest BCUT2D eigenvalue weighted by molar-refractivity contribution is 7.89. The van der Waals surface area contributed by atoms with Crippen molar-refractivity contribution in [1.82, 2.24) is 19.8 Å². The van der Waals surface area contributed by atoms with E-state index < -0.39 is 28.0 Å². The molecule has 0 unspecified atom stereocenters. The molecule has 0 aromatic carbocycles. The lowest BCUT2D eigenvalue weighted by atomic mass is 10.2. The second-order valence-corrected chi connectivity index (χ2v) is 6.84. The molecule has 1 atom stereocenters. The first-order valence-electron chi connectivity index (χ1n) is 6.56. The number of sulfonamides is 1. The Labute approximate surface area is 119 Å². The Bertz CT molecular complexity index is 457. The SMILES string of the molecule is CCS(=O)(=O)N1CCN([C@H](C)C(=O)NC(=O)NC)CC1. The molecule has 0 spiro atoms. The Kier molecular flexibility index (Phi) is 5.90. The number of nitrogens with zero attached hydrogens (tertiary/aromatic N) is 2. The van der Waals surface area contributed by atoms with Gasteiger partial charge in [0, 0.05) is 33.2 Å². The second-order valence-electron chi connectivity index (χ2n) is 4.58. The first-order valence-corrected chi connectivity index (χ1v) is 8.17. The van der Waals surface area contributed by atoms with Gasteiger partial charge in [-0.25, -0.2) is 13.2 Å². The molecule has 2 N–H and O–H groups in total. The van der Waals surface area contributed by atoms with E-state index in [0.29, 0.717) is 26.2 Å². The first-order chi connectivity index (χ1) is 9.31. The van der Waals surface area contributed by atoms with Gasteiger partial charge in [-0.2, -0.15) is 4.31 Å². The van der Waals surface area contributed by atoms with Crippen LogP contribution in [-0.2, 0) is 14.8 Å². The number of hydrogen-bond donors (Lipinski definition) is 2. The Morgan fingerprint density at radius 1 is 1.20 bits per heavy atom. The molecule has 8 nitrogen and oxygen atoms in total. The quantitative estimate of drug-likeness (QED) is 0.679. The number of nitrogens with one attached hydrogen (secondary N) is 2. The van der Waals surface area contributed by atoms with E-state index in [9.17, 15) is 18.0 Å². The fourth-order valence-electron chi connectivity index (χ4n) is 2.00. The van der Waals surface area contributed by atoms with Crippen LogP contribution in [0.4, 0.5) is 4.79 Å². The summed E-state index contributed by atoms with van der Waals surface area (Å²) in [6.07, 6.45) is 0. The van der Waals surface area contributed by atoms with Gasteiger partial charge in [-0.15, -0.1) is 0 Å². The number of piperazine rings is 1. The van der Waals surface area contributed by atoms with E-state index in [-0.39, 0.29) is 5.75 Å². The van der Waals surface area contributed by atoms with Gasteiger partial charge in [-0.05, 0) is 13.8 Å². The minimum Gasteiger partial charge on any atom is -0.341 e. The standard InChI is InChI=1S/C11H22N4O4S/c1-4-20(18,19)15-7-5-14(6-8-15)9(2)10(16)13-11(17)12-3/h9H,4-8H2,1-3H3,(H2,12,13,16,17)/t9-/m1/s1. The average Bonchev–Trinajstić information content (AvgIpc) is 2.46. The first kappa shape index (κ1) is 16.9. The van der Waals surface area contributed by atoms with Crippen molar-refractivity contribution < 1.29 is 18.0 Å². The fourth-order valence-corrected chi connectivity index (χ4v) is 3.08. The molecule has 1 aliphatic heterocycles. The van der Waals surface area contributed by atoms with Crippen LogP contribution in [0, 0.1) is 0 Å². The molecule has 0 aliphatic carbocycles. The summed E-state index contributed by atoms with van der Waals surface area (Å²) >= 11 is 0. The van der Waals surface area contributed by atoms with E-state index in [4.69, 9.17) is 0 Å². The predicted octanol–water partition coefficient (Wildman–Crippen LogP) is -1.20. The van der Waals surface area contributed by atoms with Crippen LogP contribution in [0.25, 0.3) is 0 Å². The van der Waals surface area contributed by atoms with Crippen LogP contribution in [0.5, 0.6) is 0 Å². The van der Waals surface area contributed by atoms with Gasteiger partial charge >= 0.3 is 6.03 Å². The summed E-state index contributed by atoms with van der Waals surface area (Å²) in [6, 6.07) is -1.02. The van der Waals surface area contributed by atoms with Crippen LogP contribution in [0.2, 0.25) is 0 Å². The van der Waals surface area contributed by atoms with Crippen LogP contribution < -0.4 is 10.6 Å². The molecule has 0 saturated carbocycles. The molecule has 0 bridgehead atoms. The zero-order valence-electron chi connectivity index (χ0n) is 12.0. The van der Waals surface area contributed by atoms with Crippen LogP contribution >= 0.6 is 0 Å². The third-order valence-corrected chi connectivity index (χ3v) is 5.30. The lowest BCUT2D eigenvalue weighted by molar-refractivity contribution is -0.125. The minimum atomic E-state index is -3.17. The largest absolute Gasteiger partial charge is 0.341 e. The number of rotatable bonds is 4. The van der Waals surface area contributed by atoms with Crippen molar-refractivity contribution in [2.75, 3.05) is 39.0 Å². The summed E-state index contributed by atoms with van der Waals surface area (Å²) in [5.74, 6) is -0.309. The normalized spacial score (nSPS) is 19.4. The highest BCUT2D eigenvalue weighted by Crippen LogP contribution is 2.10. The van der Waals surface area contributed by atoms with Gasteiger partial charge in [0.2, 0.25) is 15.9 Å². The van der Waals surface area contributed by atoms with E-state index in [2.05, 4.69) is 10.6 Å². The molecular weight excluding hydrogens is 284 g/mol. The van der Waals surface area contributed by atoms with Crippen molar-refractivity contribution in [3.8, 4) is 0 Å². The van der Waals surface area contributed by atoms with Crippen molar-refractivity contribution in [3.05, 3.63) is 0 Å². The molecule has 1 fully saturated rings. The molecule has 1 saturated heterocycles. The van der Waals surface area contributed by atoms with E-state index in [1.807, 2.05) is 4.90 Å². The number of carbonyl (C=O) groups is 2. The van der Waals surface area contributed by atoms with Gasteiger partial charge in [0.1, 0.15) is 0 Å². The van der Waals surface area contributed by atoms with Gasteiger partial charge < -0.3 is 5.32 Å². The minimum absolute atomic E-state index is 0.0830. The summed E-state index contributed by atoms with van der Waals surface area (Å²) in [5, 5.41) is 4.53. The number of carbonyl (C=O) groups excluding carboxylic acids is 2. The molecule has 0 radical (unpaired) electrons. The smallest absolute Gasteiger partial charge is 0.321 e. The molecular formula is C11H22N4O4S. The summed E-state index contributed by atoms with van der Waals surface area (Å²) in [5.41, 5.74) is 0. The highest BCUT2D eigenvalue weighted by Gasteiger charge is 2.30. The van der Waals surface area contributed by atoms with Crippen molar-refractivity contribution in [1.29, 1.82) is 0 Å². The molecule has 1 heterocycles. The molecule has 1 aliphatic rings. The van der Waals surface area contributed by atoms with Crippen LogP contribution in [0.15, 0.2) is 0 Å². The van der Waals surface area contributed by atoms with Gasteiger partial charge in [-0.1, -0.05) is 0 Å². The molecule has 0 aromatic heterocycles. The number of amides is 3. The van der Waals surface area contributed by atoms with Crippen molar-refractivity contribution in [3.63, 3.8) is 0 Å². The monoisotopic (exact) mass is 306 g/mol. The number of urea groups is 1. The van der Waals surface area contributed by atoms with Crippen molar-refractivity contribution >= 4 is 22.0 Å². The van der Waals surface area contributed by atoms with Gasteiger partial charge in [0.05, 0.1) is 11.8 Å². The Hall–Kier alpha value is -1.19. The molecule has 20 heavy (non-hydrogen) atoms. The van der Waals surface area contributed by atoms with Gasteiger partial charge in [-0.3, -0.25) is 15.0 Å². The second kappa shape index (κ2) is 7.00. The van der Waals surface area contributed by atoms with E-state index >= 15 is 0 Å².